The molecular weight excluding hydrogens is 1010 g/mol. The van der Waals surface area contributed by atoms with Gasteiger partial charge in [0.15, 0.2) is 11.5 Å². The van der Waals surface area contributed by atoms with Crippen molar-refractivity contribution in [2.75, 3.05) is 211 Å². The van der Waals surface area contributed by atoms with Crippen molar-refractivity contribution in [1.82, 2.24) is 0 Å². The second-order valence-corrected chi connectivity index (χ2v) is 19.7. The number of rotatable bonds is 54. The summed E-state index contributed by atoms with van der Waals surface area (Å²) in [5.41, 5.74) is 5.27. The fraction of sp³-hybridized carbons (Fsp3) is 0.700. The van der Waals surface area contributed by atoms with Crippen LogP contribution in [0.15, 0.2) is 72.8 Å². The van der Waals surface area contributed by atoms with Crippen LogP contribution in [0.25, 0.3) is 0 Å². The van der Waals surface area contributed by atoms with Gasteiger partial charge in [0.25, 0.3) is 0 Å². The normalized spacial score (nSPS) is 12.0. The molecule has 0 bridgehead atoms. The number of hydrogen-bond acceptors (Lipinski definition) is 18. The van der Waals surface area contributed by atoms with E-state index in [0.29, 0.717) is 236 Å². The van der Waals surface area contributed by atoms with Crippen molar-refractivity contribution in [3.8, 4) is 11.5 Å². The Kier molecular flexibility index (Phi) is 41.8. The zero-order valence-electron chi connectivity index (χ0n) is 48.3. The maximum atomic E-state index is 5.89. The molecule has 0 spiro atoms. The lowest BCUT2D eigenvalue weighted by Gasteiger charge is -2.19. The summed E-state index contributed by atoms with van der Waals surface area (Å²) in [6, 6.07) is 24.7. The van der Waals surface area contributed by atoms with Gasteiger partial charge in [-0.05, 0) is 45.2 Å². The zero-order valence-corrected chi connectivity index (χ0v) is 48.3. The van der Waals surface area contributed by atoms with Gasteiger partial charge in [-0.1, -0.05) is 102 Å². The number of benzene rings is 3. The summed E-state index contributed by atoms with van der Waals surface area (Å²) in [5, 5.41) is 0. The molecule has 0 unspecified atom stereocenters. The summed E-state index contributed by atoms with van der Waals surface area (Å²) in [6.07, 6.45) is 0. The van der Waals surface area contributed by atoms with Gasteiger partial charge in [0.05, 0.1) is 211 Å². The van der Waals surface area contributed by atoms with E-state index in [0.717, 1.165) is 11.1 Å². The summed E-state index contributed by atoms with van der Waals surface area (Å²) in [4.78, 5) is 0. The van der Waals surface area contributed by atoms with E-state index >= 15 is 0 Å². The molecule has 0 heterocycles. The molecule has 0 radical (unpaired) electrons. The predicted molar refractivity (Wildman–Crippen MR) is 298 cm³/mol. The van der Waals surface area contributed by atoms with E-state index < -0.39 is 0 Å². The first kappa shape index (κ1) is 68.9. The summed E-state index contributed by atoms with van der Waals surface area (Å²) in [5.74, 6) is 1.29. The number of para-hydroxylation sites is 2. The van der Waals surface area contributed by atoms with Crippen LogP contribution in [0.3, 0.4) is 0 Å². The van der Waals surface area contributed by atoms with Gasteiger partial charge >= 0.3 is 0 Å². The van der Waals surface area contributed by atoms with Crippen LogP contribution in [0.5, 0.6) is 11.5 Å². The van der Waals surface area contributed by atoms with Crippen molar-refractivity contribution >= 4 is 0 Å². The lowest BCUT2D eigenvalue weighted by Crippen LogP contribution is -2.15. The lowest BCUT2D eigenvalue weighted by atomic mass is 9.87. The Hall–Kier alpha value is -3.38. The molecule has 3 aromatic rings. The van der Waals surface area contributed by atoms with Gasteiger partial charge in [0, 0.05) is 0 Å². The molecule has 18 nitrogen and oxygen atoms in total. The fourth-order valence-corrected chi connectivity index (χ4v) is 6.77. The van der Waals surface area contributed by atoms with Gasteiger partial charge in [-0.3, -0.25) is 0 Å². The van der Waals surface area contributed by atoms with Crippen molar-refractivity contribution in [3.63, 3.8) is 0 Å². The zero-order chi connectivity index (χ0) is 55.7. The van der Waals surface area contributed by atoms with E-state index in [4.69, 9.17) is 85.3 Å². The Balaban J connectivity index is 0.943. The van der Waals surface area contributed by atoms with Gasteiger partial charge in [-0.15, -0.1) is 0 Å². The average molecular weight is 1110 g/mol. The molecule has 18 heteroatoms. The fourth-order valence-electron chi connectivity index (χ4n) is 6.77. The molecule has 3 aromatic carbocycles. The van der Waals surface area contributed by atoms with E-state index in [1.807, 2.05) is 24.3 Å². The highest BCUT2D eigenvalue weighted by molar-refractivity contribution is 5.39. The topological polar surface area (TPSA) is 166 Å². The molecule has 0 atom stereocenters. The van der Waals surface area contributed by atoms with Crippen LogP contribution >= 0.6 is 0 Å². The van der Waals surface area contributed by atoms with E-state index in [2.05, 4.69) is 90.1 Å². The molecule has 78 heavy (non-hydrogen) atoms. The van der Waals surface area contributed by atoms with Gasteiger partial charge in [0.2, 0.25) is 0 Å². The van der Waals surface area contributed by atoms with Gasteiger partial charge in [-0.2, -0.15) is 0 Å². The molecule has 0 amide bonds. The molecule has 0 aliphatic heterocycles. The van der Waals surface area contributed by atoms with Crippen LogP contribution < -0.4 is 9.47 Å². The summed E-state index contributed by atoms with van der Waals surface area (Å²) >= 11 is 0. The SMILES string of the molecule is CC(C)(C)c1ccc(COCCOCCOCCOCCOCCOCCOCCOCCOc2ccccc2OCCOCCOCCOCCOCCOCCOCCOCCOCc2ccc(C(C)(C)C)cc2)cc1. The Labute approximate surface area is 467 Å². The van der Waals surface area contributed by atoms with E-state index in [1.165, 1.54) is 11.1 Å². The Morgan fingerprint density at radius 2 is 0.397 bits per heavy atom. The standard InChI is InChI=1S/C60H98O18/c1-59(2,3)55-15-11-53(12-16-55)51-75-45-43-71-37-35-67-29-27-63-21-19-61-23-25-65-31-33-69-39-41-73-47-49-77-57-9-7-8-10-58(57)78-50-48-74-42-40-70-34-32-66-26-24-62-20-22-64-28-30-68-36-38-72-44-46-76-52-54-13-17-56(18-14-54)60(4,5)6/h7-18H,19-52H2,1-6H3. The molecule has 3 rings (SSSR count). The van der Waals surface area contributed by atoms with Crippen molar-refractivity contribution in [2.45, 2.75) is 65.6 Å². The second-order valence-electron chi connectivity index (χ2n) is 19.7. The molecule has 0 saturated carbocycles. The first-order chi connectivity index (χ1) is 38.1. The van der Waals surface area contributed by atoms with Crippen LogP contribution in [-0.2, 0) is 99.8 Å². The van der Waals surface area contributed by atoms with Crippen molar-refractivity contribution < 1.29 is 85.3 Å². The Morgan fingerprint density at radius 3 is 0.590 bits per heavy atom. The van der Waals surface area contributed by atoms with Crippen LogP contribution in [0.4, 0.5) is 0 Å². The van der Waals surface area contributed by atoms with Crippen LogP contribution in [-0.4, -0.2) is 211 Å². The molecule has 0 aromatic heterocycles. The lowest BCUT2D eigenvalue weighted by molar-refractivity contribution is -0.0242. The highest BCUT2D eigenvalue weighted by Gasteiger charge is 2.14. The second kappa shape index (κ2) is 47.3. The monoisotopic (exact) mass is 1110 g/mol. The third-order valence-electron chi connectivity index (χ3n) is 11.2. The molecule has 0 aliphatic carbocycles. The van der Waals surface area contributed by atoms with Crippen LogP contribution in [0, 0.1) is 0 Å². The van der Waals surface area contributed by atoms with Crippen LogP contribution in [0.1, 0.15) is 63.8 Å². The highest BCUT2D eigenvalue weighted by Crippen LogP contribution is 2.26. The van der Waals surface area contributed by atoms with E-state index in [-0.39, 0.29) is 10.8 Å². The van der Waals surface area contributed by atoms with Gasteiger partial charge < -0.3 is 85.3 Å². The van der Waals surface area contributed by atoms with Gasteiger partial charge in [0.1, 0.15) is 13.2 Å². The molecule has 0 aliphatic rings. The molecule has 446 valence electrons. The molecular formula is C60H98O18. The highest BCUT2D eigenvalue weighted by atomic mass is 16.6. The first-order valence-corrected chi connectivity index (χ1v) is 27.9. The largest absolute Gasteiger partial charge is 0.487 e. The third kappa shape index (κ3) is 39.1. The van der Waals surface area contributed by atoms with E-state index in [1.54, 1.807) is 0 Å². The van der Waals surface area contributed by atoms with E-state index in [9.17, 15) is 0 Å². The minimum Gasteiger partial charge on any atom is -0.487 e. The summed E-state index contributed by atoms with van der Waals surface area (Å²) in [7, 11) is 0. The summed E-state index contributed by atoms with van der Waals surface area (Å²) in [6.45, 7) is 30.0. The van der Waals surface area contributed by atoms with Gasteiger partial charge in [-0.25, -0.2) is 0 Å². The van der Waals surface area contributed by atoms with Crippen LogP contribution in [0.2, 0.25) is 0 Å². The maximum absolute atomic E-state index is 5.89. The van der Waals surface area contributed by atoms with Crippen molar-refractivity contribution in [3.05, 3.63) is 95.1 Å². The van der Waals surface area contributed by atoms with Crippen molar-refractivity contribution in [2.24, 2.45) is 0 Å². The molecule has 0 saturated heterocycles. The molecule has 0 N–H and O–H groups in total. The van der Waals surface area contributed by atoms with Crippen molar-refractivity contribution in [1.29, 1.82) is 0 Å². The maximum Gasteiger partial charge on any atom is 0.161 e. The third-order valence-corrected chi connectivity index (χ3v) is 11.2. The predicted octanol–water partition coefficient (Wildman–Crippen LogP) is 7.71. The Morgan fingerprint density at radius 1 is 0.218 bits per heavy atom. The first-order valence-electron chi connectivity index (χ1n) is 27.9. The summed E-state index contributed by atoms with van der Waals surface area (Å²) < 4.78 is 101. The number of hydrogen-bond donors (Lipinski definition) is 0. The molecule has 0 fully saturated rings. The average Bonchev–Trinajstić information content (AvgIpc) is 3.43. The minimum absolute atomic E-state index is 0.153. The smallest absolute Gasteiger partial charge is 0.161 e. The Bertz CT molecular complexity index is 1640. The quantitative estimate of drug-likeness (QED) is 0.0504. The number of ether oxygens (including phenoxy) is 18. The minimum atomic E-state index is 0.153.